The van der Waals surface area contributed by atoms with Crippen molar-refractivity contribution in [1.29, 1.82) is 0 Å². The Morgan fingerprint density at radius 3 is 2.43 bits per heavy atom. The molecule has 1 saturated heterocycles. The average Bonchev–Trinajstić information content (AvgIpc) is 2.95. The van der Waals surface area contributed by atoms with Crippen LogP contribution in [0.2, 0.25) is 0 Å². The lowest BCUT2D eigenvalue weighted by Crippen LogP contribution is -2.43. The van der Waals surface area contributed by atoms with Crippen LogP contribution in [0.4, 0.5) is 0 Å². The number of rotatable bonds is 4. The van der Waals surface area contributed by atoms with Crippen LogP contribution in [0.1, 0.15) is 41.4 Å². The summed E-state index contributed by atoms with van der Waals surface area (Å²) < 4.78 is 4.83. The third-order valence-corrected chi connectivity index (χ3v) is 3.05. The van der Waals surface area contributed by atoms with Crippen LogP contribution in [-0.2, 0) is 9.59 Å². The van der Waals surface area contributed by atoms with Crippen LogP contribution in [0.15, 0.2) is 16.5 Å². The fourth-order valence-corrected chi connectivity index (χ4v) is 2.11. The number of aromatic carboxylic acids is 1. The van der Waals surface area contributed by atoms with Gasteiger partial charge in [0.1, 0.15) is 6.04 Å². The number of hydrogen-bond donors (Lipinski definition) is 2. The fraction of sp³-hybridized carbons (Fsp3) is 0.385. The van der Waals surface area contributed by atoms with Crippen LogP contribution in [0.5, 0.6) is 0 Å². The van der Waals surface area contributed by atoms with Gasteiger partial charge in [-0.15, -0.1) is 0 Å². The van der Waals surface area contributed by atoms with Crippen LogP contribution in [-0.4, -0.2) is 45.8 Å². The third kappa shape index (κ3) is 2.78. The zero-order valence-corrected chi connectivity index (χ0v) is 11.5. The molecule has 1 unspecified atom stereocenters. The molecule has 0 aromatic carbocycles. The van der Waals surface area contributed by atoms with Gasteiger partial charge in [0.25, 0.3) is 11.8 Å². The third-order valence-electron chi connectivity index (χ3n) is 3.05. The zero-order valence-electron chi connectivity index (χ0n) is 11.5. The van der Waals surface area contributed by atoms with Crippen molar-refractivity contribution >= 4 is 23.7 Å². The minimum absolute atomic E-state index is 0.116. The van der Waals surface area contributed by atoms with E-state index in [0.29, 0.717) is 0 Å². The van der Waals surface area contributed by atoms with Crippen molar-refractivity contribution in [3.8, 4) is 0 Å². The lowest BCUT2D eigenvalue weighted by Gasteiger charge is -2.18. The lowest BCUT2D eigenvalue weighted by atomic mass is 10.2. The summed E-state index contributed by atoms with van der Waals surface area (Å²) >= 11 is 0. The molecule has 1 atom stereocenters. The summed E-state index contributed by atoms with van der Waals surface area (Å²) in [6.45, 7) is 3.40. The van der Waals surface area contributed by atoms with Crippen LogP contribution < -0.4 is 5.32 Å². The standard InChI is InChI=1S/C13H14N2O6/c1-6(2)15-10(16)5-7(12(15)18)14-11(17)8-3-4-9(21-8)13(19)20/h3-4,6-7H,5H2,1-2H3,(H,14,17)(H,19,20). The first-order valence-electron chi connectivity index (χ1n) is 6.31. The molecule has 0 spiro atoms. The number of imide groups is 1. The van der Waals surface area contributed by atoms with E-state index in [9.17, 15) is 19.2 Å². The van der Waals surface area contributed by atoms with E-state index in [4.69, 9.17) is 9.52 Å². The molecule has 0 aliphatic carbocycles. The first kappa shape index (κ1) is 14.8. The smallest absolute Gasteiger partial charge is 0.371 e. The maximum Gasteiger partial charge on any atom is 0.371 e. The van der Waals surface area contributed by atoms with Crippen molar-refractivity contribution in [2.45, 2.75) is 32.4 Å². The van der Waals surface area contributed by atoms with Gasteiger partial charge in [0.15, 0.2) is 5.76 Å². The van der Waals surface area contributed by atoms with Crippen molar-refractivity contribution in [2.24, 2.45) is 0 Å². The molecule has 2 heterocycles. The molecular formula is C13H14N2O6. The van der Waals surface area contributed by atoms with Gasteiger partial charge in [-0.1, -0.05) is 0 Å². The fourth-order valence-electron chi connectivity index (χ4n) is 2.11. The summed E-state index contributed by atoms with van der Waals surface area (Å²) in [5, 5.41) is 11.1. The highest BCUT2D eigenvalue weighted by atomic mass is 16.4. The molecule has 1 aromatic rings. The van der Waals surface area contributed by atoms with Crippen molar-refractivity contribution in [1.82, 2.24) is 10.2 Å². The number of nitrogens with one attached hydrogen (secondary N) is 1. The Labute approximate surface area is 119 Å². The molecule has 3 amide bonds. The Balaban J connectivity index is 2.08. The molecule has 112 valence electrons. The Kier molecular flexibility index (Phi) is 3.79. The van der Waals surface area contributed by atoms with E-state index in [1.54, 1.807) is 13.8 Å². The van der Waals surface area contributed by atoms with E-state index in [0.717, 1.165) is 11.0 Å². The zero-order chi connectivity index (χ0) is 15.7. The second-order valence-electron chi connectivity index (χ2n) is 4.89. The maximum absolute atomic E-state index is 12.0. The second kappa shape index (κ2) is 5.39. The lowest BCUT2D eigenvalue weighted by molar-refractivity contribution is -0.140. The molecule has 8 heteroatoms. The number of likely N-dealkylation sites (tertiary alicyclic amines) is 1. The molecule has 0 saturated carbocycles. The number of carbonyl (C=O) groups is 4. The molecule has 21 heavy (non-hydrogen) atoms. The number of carbonyl (C=O) groups excluding carboxylic acids is 3. The molecule has 0 bridgehead atoms. The highest BCUT2D eigenvalue weighted by molar-refractivity contribution is 6.08. The van der Waals surface area contributed by atoms with Crippen molar-refractivity contribution in [3.05, 3.63) is 23.7 Å². The monoisotopic (exact) mass is 294 g/mol. The topological polar surface area (TPSA) is 117 Å². The number of amides is 3. The molecule has 8 nitrogen and oxygen atoms in total. The average molecular weight is 294 g/mol. The summed E-state index contributed by atoms with van der Waals surface area (Å²) in [5.74, 6) is -3.47. The SMILES string of the molecule is CC(C)N1C(=O)CC(NC(=O)c2ccc(C(=O)O)o2)C1=O. The number of hydrogen-bond acceptors (Lipinski definition) is 5. The molecule has 2 rings (SSSR count). The molecule has 2 N–H and O–H groups in total. The Morgan fingerprint density at radius 2 is 1.95 bits per heavy atom. The van der Waals surface area contributed by atoms with Crippen molar-refractivity contribution in [2.75, 3.05) is 0 Å². The highest BCUT2D eigenvalue weighted by Crippen LogP contribution is 2.17. The van der Waals surface area contributed by atoms with Crippen molar-refractivity contribution in [3.63, 3.8) is 0 Å². The summed E-state index contributed by atoms with van der Waals surface area (Å²) in [4.78, 5) is 47.3. The van der Waals surface area contributed by atoms with Gasteiger partial charge in [0.2, 0.25) is 11.7 Å². The molecule has 1 aromatic heterocycles. The summed E-state index contributed by atoms with van der Waals surface area (Å²) in [7, 11) is 0. The minimum Gasteiger partial charge on any atom is -0.475 e. The number of carboxylic acids is 1. The second-order valence-corrected chi connectivity index (χ2v) is 4.89. The molecule has 0 radical (unpaired) electrons. The Bertz CT molecular complexity index is 618. The van der Waals surface area contributed by atoms with Crippen LogP contribution >= 0.6 is 0 Å². The van der Waals surface area contributed by atoms with Crippen LogP contribution in [0.25, 0.3) is 0 Å². The molecule has 1 aliphatic rings. The number of carboxylic acid groups (broad SMARTS) is 1. The van der Waals surface area contributed by atoms with Crippen molar-refractivity contribution < 1.29 is 28.7 Å². The molecule has 1 aliphatic heterocycles. The Morgan fingerprint density at radius 1 is 1.33 bits per heavy atom. The van der Waals surface area contributed by atoms with Gasteiger partial charge in [-0.25, -0.2) is 4.79 Å². The summed E-state index contributed by atoms with van der Waals surface area (Å²) in [5.41, 5.74) is 0. The van der Waals surface area contributed by atoms with Gasteiger partial charge in [0.05, 0.1) is 6.42 Å². The van der Waals surface area contributed by atoms with E-state index in [2.05, 4.69) is 5.32 Å². The summed E-state index contributed by atoms with van der Waals surface area (Å²) in [6, 6.07) is 1.10. The highest BCUT2D eigenvalue weighted by Gasteiger charge is 2.41. The number of furan rings is 1. The first-order valence-corrected chi connectivity index (χ1v) is 6.31. The van der Waals surface area contributed by atoms with E-state index in [1.165, 1.54) is 6.07 Å². The van der Waals surface area contributed by atoms with E-state index >= 15 is 0 Å². The largest absolute Gasteiger partial charge is 0.475 e. The quantitative estimate of drug-likeness (QED) is 0.768. The van der Waals surface area contributed by atoms with Gasteiger partial charge in [-0.05, 0) is 26.0 Å². The molecule has 1 fully saturated rings. The van der Waals surface area contributed by atoms with E-state index < -0.39 is 23.8 Å². The predicted molar refractivity (Wildman–Crippen MR) is 68.5 cm³/mol. The molecular weight excluding hydrogens is 280 g/mol. The number of nitrogens with zero attached hydrogens (tertiary/aromatic N) is 1. The first-order chi connectivity index (χ1) is 9.81. The van der Waals surface area contributed by atoms with Gasteiger partial charge in [0, 0.05) is 6.04 Å². The van der Waals surface area contributed by atoms with Gasteiger partial charge >= 0.3 is 5.97 Å². The van der Waals surface area contributed by atoms with Gasteiger partial charge in [-0.2, -0.15) is 0 Å². The van der Waals surface area contributed by atoms with E-state index in [1.807, 2.05) is 0 Å². The van der Waals surface area contributed by atoms with Crippen LogP contribution in [0.3, 0.4) is 0 Å². The predicted octanol–water partition coefficient (Wildman–Crippen LogP) is 0.244. The Hall–Kier alpha value is -2.64. The summed E-state index contributed by atoms with van der Waals surface area (Å²) in [6.07, 6.45) is -0.116. The normalized spacial score (nSPS) is 18.4. The minimum atomic E-state index is -1.30. The van der Waals surface area contributed by atoms with Gasteiger partial charge < -0.3 is 14.8 Å². The van der Waals surface area contributed by atoms with Gasteiger partial charge in [-0.3, -0.25) is 19.3 Å². The van der Waals surface area contributed by atoms with E-state index in [-0.39, 0.29) is 29.9 Å². The van der Waals surface area contributed by atoms with Crippen LogP contribution in [0, 0.1) is 0 Å². The maximum atomic E-state index is 12.0.